The van der Waals surface area contributed by atoms with Crippen molar-refractivity contribution in [2.75, 3.05) is 13.1 Å². The van der Waals surface area contributed by atoms with Gasteiger partial charge >= 0.3 is 0 Å². The van der Waals surface area contributed by atoms with E-state index in [1.165, 1.54) is 0 Å². The number of unbranched alkanes of at least 4 members (excludes halogenated alkanes) is 1. The van der Waals surface area contributed by atoms with Gasteiger partial charge in [-0.3, -0.25) is 9.59 Å². The minimum absolute atomic E-state index is 0.0340. The molecule has 1 aliphatic rings. The summed E-state index contributed by atoms with van der Waals surface area (Å²) >= 11 is 5.99. The minimum Gasteiger partial charge on any atom is -0.352 e. The van der Waals surface area contributed by atoms with Crippen LogP contribution in [0.2, 0.25) is 5.02 Å². The molecule has 1 aromatic rings. The van der Waals surface area contributed by atoms with Crippen molar-refractivity contribution in [2.45, 2.75) is 32.2 Å². The summed E-state index contributed by atoms with van der Waals surface area (Å²) < 4.78 is 0. The number of carbonyl (C=O) groups is 2. The van der Waals surface area contributed by atoms with E-state index >= 15 is 0 Å². The maximum Gasteiger partial charge on any atom is 0.247 e. The molecule has 0 spiro atoms. The van der Waals surface area contributed by atoms with E-state index in [0.717, 1.165) is 18.4 Å². The molecule has 20 heavy (non-hydrogen) atoms. The van der Waals surface area contributed by atoms with Crippen LogP contribution in [0, 0.1) is 0 Å². The predicted octanol–water partition coefficient (Wildman–Crippen LogP) is 2.53. The number of nitrogens with zero attached hydrogens (tertiary/aromatic N) is 1. The smallest absolute Gasteiger partial charge is 0.247 e. The Balaban J connectivity index is 2.24. The fourth-order valence-corrected chi connectivity index (χ4v) is 2.61. The number of halogens is 1. The highest BCUT2D eigenvalue weighted by Gasteiger charge is 2.33. The summed E-state index contributed by atoms with van der Waals surface area (Å²) in [6, 6.07) is 6.58. The molecule has 0 radical (unpaired) electrons. The monoisotopic (exact) mass is 294 g/mol. The van der Waals surface area contributed by atoms with Gasteiger partial charge in [0.25, 0.3) is 0 Å². The maximum absolute atomic E-state index is 12.3. The van der Waals surface area contributed by atoms with Gasteiger partial charge in [0, 0.05) is 24.5 Å². The molecule has 1 atom stereocenters. The van der Waals surface area contributed by atoms with Crippen LogP contribution in [0.15, 0.2) is 24.3 Å². The second kappa shape index (κ2) is 6.75. The van der Waals surface area contributed by atoms with E-state index in [2.05, 4.69) is 5.32 Å². The fourth-order valence-electron chi connectivity index (χ4n) is 2.42. The van der Waals surface area contributed by atoms with Crippen molar-refractivity contribution in [3.8, 4) is 0 Å². The number of hydrogen-bond acceptors (Lipinski definition) is 2. The van der Waals surface area contributed by atoms with Gasteiger partial charge in [-0.05, 0) is 24.1 Å². The first kappa shape index (κ1) is 14.9. The van der Waals surface area contributed by atoms with Gasteiger partial charge in [0.1, 0.15) is 6.04 Å². The molecule has 5 heteroatoms. The van der Waals surface area contributed by atoms with Gasteiger partial charge in [-0.1, -0.05) is 37.1 Å². The van der Waals surface area contributed by atoms with Crippen LogP contribution in [0.3, 0.4) is 0 Å². The molecule has 1 aromatic carbocycles. The number of benzene rings is 1. The molecule has 108 valence electrons. The Morgan fingerprint density at radius 3 is 3.00 bits per heavy atom. The lowest BCUT2D eigenvalue weighted by Gasteiger charge is -2.35. The average molecular weight is 295 g/mol. The normalized spacial score (nSPS) is 18.8. The molecule has 4 nitrogen and oxygen atoms in total. The molecule has 0 saturated carbocycles. The summed E-state index contributed by atoms with van der Waals surface area (Å²) in [6.45, 7) is 3.10. The van der Waals surface area contributed by atoms with Crippen molar-refractivity contribution < 1.29 is 9.59 Å². The highest BCUT2D eigenvalue weighted by molar-refractivity contribution is 6.30. The highest BCUT2D eigenvalue weighted by atomic mass is 35.5. The zero-order valence-electron chi connectivity index (χ0n) is 11.6. The molecule has 2 amide bonds. The van der Waals surface area contributed by atoms with E-state index in [1.54, 1.807) is 23.1 Å². The first-order chi connectivity index (χ1) is 9.63. The van der Waals surface area contributed by atoms with Crippen molar-refractivity contribution >= 4 is 23.4 Å². The second-order valence-corrected chi connectivity index (χ2v) is 5.38. The Hall–Kier alpha value is -1.55. The molecule has 2 rings (SSSR count). The van der Waals surface area contributed by atoms with Crippen molar-refractivity contribution in [1.29, 1.82) is 0 Å². The first-order valence-corrected chi connectivity index (χ1v) is 7.34. The molecule has 0 aliphatic carbocycles. The van der Waals surface area contributed by atoms with E-state index in [9.17, 15) is 9.59 Å². The Labute approximate surface area is 124 Å². The molecule has 0 bridgehead atoms. The van der Waals surface area contributed by atoms with E-state index < -0.39 is 6.04 Å². The summed E-state index contributed by atoms with van der Waals surface area (Å²) in [6.07, 6.45) is 2.30. The van der Waals surface area contributed by atoms with Crippen LogP contribution < -0.4 is 5.32 Å². The zero-order chi connectivity index (χ0) is 14.5. The van der Waals surface area contributed by atoms with Crippen molar-refractivity contribution in [2.24, 2.45) is 0 Å². The molecule has 0 aromatic heterocycles. The van der Waals surface area contributed by atoms with E-state index in [1.807, 2.05) is 13.0 Å². The van der Waals surface area contributed by atoms with Crippen LogP contribution in [0.1, 0.15) is 37.8 Å². The van der Waals surface area contributed by atoms with Gasteiger partial charge in [0.2, 0.25) is 11.8 Å². The minimum atomic E-state index is -0.563. The fraction of sp³-hybridized carbons (Fsp3) is 0.467. The van der Waals surface area contributed by atoms with Crippen LogP contribution in [0.5, 0.6) is 0 Å². The van der Waals surface area contributed by atoms with E-state index in [-0.39, 0.29) is 11.8 Å². The van der Waals surface area contributed by atoms with Gasteiger partial charge in [-0.15, -0.1) is 0 Å². The Morgan fingerprint density at radius 2 is 2.30 bits per heavy atom. The number of nitrogens with one attached hydrogen (secondary N) is 1. The molecular weight excluding hydrogens is 276 g/mol. The summed E-state index contributed by atoms with van der Waals surface area (Å²) in [7, 11) is 0. The van der Waals surface area contributed by atoms with Gasteiger partial charge < -0.3 is 10.2 Å². The Bertz CT molecular complexity index is 504. The number of amides is 2. The molecule has 1 heterocycles. The number of rotatable bonds is 4. The van der Waals surface area contributed by atoms with Crippen molar-refractivity contribution in [3.05, 3.63) is 34.9 Å². The first-order valence-electron chi connectivity index (χ1n) is 6.96. The lowest BCUT2D eigenvalue weighted by molar-refractivity contribution is -0.143. The highest BCUT2D eigenvalue weighted by Crippen LogP contribution is 2.26. The number of hydrogen-bond donors (Lipinski definition) is 1. The van der Waals surface area contributed by atoms with Crippen LogP contribution in [0.4, 0.5) is 0 Å². The van der Waals surface area contributed by atoms with Crippen molar-refractivity contribution in [1.82, 2.24) is 10.2 Å². The van der Waals surface area contributed by atoms with Gasteiger partial charge in [-0.25, -0.2) is 0 Å². The zero-order valence-corrected chi connectivity index (χ0v) is 12.3. The largest absolute Gasteiger partial charge is 0.352 e. The molecule has 1 unspecified atom stereocenters. The van der Waals surface area contributed by atoms with Crippen LogP contribution in [-0.4, -0.2) is 29.8 Å². The summed E-state index contributed by atoms with van der Waals surface area (Å²) in [5.74, 6) is -0.102. The topological polar surface area (TPSA) is 49.4 Å². The second-order valence-electron chi connectivity index (χ2n) is 4.94. The summed E-state index contributed by atoms with van der Waals surface area (Å²) in [5, 5.41) is 3.39. The van der Waals surface area contributed by atoms with Crippen LogP contribution in [0.25, 0.3) is 0 Å². The van der Waals surface area contributed by atoms with Gasteiger partial charge in [0.15, 0.2) is 0 Å². The SMILES string of the molecule is CCCCC(=O)N1CCNC(=O)C1c1cccc(Cl)c1. The number of piperazine rings is 1. The Kier molecular flexibility index (Phi) is 5.01. The standard InChI is InChI=1S/C15H19ClN2O2/c1-2-3-7-13(19)18-9-8-17-15(20)14(18)11-5-4-6-12(16)10-11/h4-6,10,14H,2-3,7-9H2,1H3,(H,17,20). The van der Waals surface area contributed by atoms with Gasteiger partial charge in [-0.2, -0.15) is 0 Å². The average Bonchev–Trinajstić information content (AvgIpc) is 2.44. The lowest BCUT2D eigenvalue weighted by Crippen LogP contribution is -2.52. The molecular formula is C15H19ClN2O2. The van der Waals surface area contributed by atoms with Crippen molar-refractivity contribution in [3.63, 3.8) is 0 Å². The third-order valence-corrected chi connectivity index (χ3v) is 3.68. The third-order valence-electron chi connectivity index (χ3n) is 3.44. The summed E-state index contributed by atoms with van der Waals surface area (Å²) in [5.41, 5.74) is 0.763. The maximum atomic E-state index is 12.3. The molecule has 1 fully saturated rings. The third kappa shape index (κ3) is 3.31. The van der Waals surface area contributed by atoms with Crippen LogP contribution >= 0.6 is 11.6 Å². The Morgan fingerprint density at radius 1 is 1.50 bits per heavy atom. The van der Waals surface area contributed by atoms with E-state index in [4.69, 9.17) is 11.6 Å². The summed E-state index contributed by atoms with van der Waals surface area (Å²) in [4.78, 5) is 26.1. The molecule has 1 aliphatic heterocycles. The van der Waals surface area contributed by atoms with E-state index in [0.29, 0.717) is 24.5 Å². The predicted molar refractivity (Wildman–Crippen MR) is 78.4 cm³/mol. The van der Waals surface area contributed by atoms with Crippen LogP contribution in [-0.2, 0) is 9.59 Å². The lowest BCUT2D eigenvalue weighted by atomic mass is 10.0. The molecule has 1 N–H and O–H groups in total. The molecule has 1 saturated heterocycles. The quantitative estimate of drug-likeness (QED) is 0.928. The van der Waals surface area contributed by atoms with Gasteiger partial charge in [0.05, 0.1) is 0 Å². The number of carbonyl (C=O) groups excluding carboxylic acids is 2.